The average molecular weight is 645 g/mol. The maximum Gasteiger partial charge on any atom is 0.296 e. The van der Waals surface area contributed by atoms with E-state index in [1.165, 1.54) is 25.7 Å². The minimum absolute atomic E-state index is 0.0927. The minimum atomic E-state index is -2.20. The molecule has 2 fully saturated rings. The van der Waals surface area contributed by atoms with Crippen LogP contribution in [0.4, 0.5) is 0 Å². The first-order valence-electron chi connectivity index (χ1n) is 17.4. The molecule has 1 amide bonds. The van der Waals surface area contributed by atoms with Crippen molar-refractivity contribution in [2.24, 2.45) is 17.8 Å². The van der Waals surface area contributed by atoms with Crippen LogP contribution in [0.15, 0.2) is 30.3 Å². The van der Waals surface area contributed by atoms with Gasteiger partial charge in [0.25, 0.3) is 14.3 Å². The van der Waals surface area contributed by atoms with Crippen LogP contribution in [-0.2, 0) is 24.9 Å². The van der Waals surface area contributed by atoms with Crippen LogP contribution in [0, 0.1) is 17.8 Å². The van der Waals surface area contributed by atoms with Crippen molar-refractivity contribution in [3.05, 3.63) is 35.9 Å². The largest absolute Gasteiger partial charge is 0.519 e. The Balaban J connectivity index is 1.95. The molecule has 1 saturated heterocycles. The van der Waals surface area contributed by atoms with E-state index in [-0.39, 0.29) is 35.5 Å². The molecule has 0 radical (unpaired) electrons. The molecule has 1 aliphatic carbocycles. The summed E-state index contributed by atoms with van der Waals surface area (Å²) in [5.74, 6) is 0.969. The van der Waals surface area contributed by atoms with Crippen molar-refractivity contribution in [2.45, 2.75) is 148 Å². The highest BCUT2D eigenvalue weighted by Crippen LogP contribution is 2.39. The van der Waals surface area contributed by atoms with Crippen molar-refractivity contribution in [1.29, 1.82) is 0 Å². The summed E-state index contributed by atoms with van der Waals surface area (Å²) in [6, 6.07) is 10.1. The van der Waals surface area contributed by atoms with Gasteiger partial charge in [-0.1, -0.05) is 77.3 Å². The van der Waals surface area contributed by atoms with Crippen molar-refractivity contribution in [1.82, 2.24) is 10.2 Å². The van der Waals surface area contributed by atoms with Crippen LogP contribution in [0.3, 0.4) is 0 Å². The van der Waals surface area contributed by atoms with Gasteiger partial charge in [0.1, 0.15) is 0 Å². The Morgan fingerprint density at radius 2 is 1.52 bits per heavy atom. The molecule has 1 N–H and O–H groups in total. The average Bonchev–Trinajstić information content (AvgIpc) is 2.91. The van der Waals surface area contributed by atoms with Crippen LogP contribution in [0.1, 0.15) is 92.6 Å². The van der Waals surface area contributed by atoms with Gasteiger partial charge in [0.15, 0.2) is 8.32 Å². The second-order valence-electron chi connectivity index (χ2n) is 16.5. The van der Waals surface area contributed by atoms with Gasteiger partial charge < -0.3 is 14.2 Å². The Kier molecular flexibility index (Phi) is 12.9. The number of likely N-dealkylation sites (tertiary alicyclic amines) is 1. The molecular formula is C36H64N2O4Si2. The Bertz CT molecular complexity index is 1070. The second kappa shape index (κ2) is 15.4. The summed E-state index contributed by atoms with van der Waals surface area (Å²) in [4.78, 5) is 30.2. The molecule has 8 heteroatoms. The lowest BCUT2D eigenvalue weighted by Gasteiger charge is -2.47. The molecule has 1 heterocycles. The van der Waals surface area contributed by atoms with Crippen LogP contribution < -0.4 is 5.32 Å². The zero-order valence-corrected chi connectivity index (χ0v) is 31.9. The van der Waals surface area contributed by atoms with E-state index in [4.69, 9.17) is 8.85 Å². The van der Waals surface area contributed by atoms with Crippen LogP contribution >= 0.6 is 0 Å². The highest BCUT2D eigenvalue weighted by molar-refractivity contribution is 6.74. The molecule has 0 bridgehead atoms. The number of amides is 1. The summed E-state index contributed by atoms with van der Waals surface area (Å²) in [7, 11) is -4.27. The Hall–Kier alpha value is -1.49. The van der Waals surface area contributed by atoms with Gasteiger partial charge in [0.2, 0.25) is 5.91 Å². The number of carbonyl (C=O) groups excluding carboxylic acids is 2. The van der Waals surface area contributed by atoms with E-state index < -0.39 is 16.6 Å². The summed E-state index contributed by atoms with van der Waals surface area (Å²) in [5, 5.41) is 3.30. The lowest BCUT2D eigenvalue weighted by molar-refractivity contribution is -0.141. The Morgan fingerprint density at radius 3 is 2.09 bits per heavy atom. The number of piperidine rings is 1. The van der Waals surface area contributed by atoms with Crippen LogP contribution in [0.2, 0.25) is 37.3 Å². The van der Waals surface area contributed by atoms with E-state index in [9.17, 15) is 9.59 Å². The number of rotatable bonds is 13. The smallest absolute Gasteiger partial charge is 0.296 e. The fourth-order valence-corrected chi connectivity index (χ4v) is 8.78. The van der Waals surface area contributed by atoms with Crippen molar-refractivity contribution in [3.63, 3.8) is 0 Å². The molecule has 1 saturated carbocycles. The SMILES string of the molecule is CC(C)[Si](C)(C)OC(=O)[C@H](Cc1ccccc1)C[C@@H](CN1C[C@H]2CCCC[C@H]2C[C@H]1C(=O)NC(C)(C)C)O[Si](C)(C)C(C)C. The van der Waals surface area contributed by atoms with Crippen molar-refractivity contribution < 1.29 is 18.4 Å². The molecule has 6 nitrogen and oxygen atoms in total. The first-order valence-corrected chi connectivity index (χ1v) is 23.4. The van der Waals surface area contributed by atoms with Crippen molar-refractivity contribution >= 4 is 28.5 Å². The molecule has 0 aromatic heterocycles. The third-order valence-corrected chi connectivity index (χ3v) is 17.8. The number of hydrogen-bond acceptors (Lipinski definition) is 5. The molecule has 0 unspecified atom stereocenters. The standard InChI is InChI=1S/C36H64N2O4Si2/c1-26(2)43(8,9)41-32(22-31(21-28-17-13-12-14-18-28)35(40)42-44(10,11)27(3)4)25-38-24-30-20-16-15-19-29(30)23-33(38)34(39)37-36(5,6)7/h12-14,17-18,26-27,29-33H,15-16,19-25H2,1-11H3,(H,37,39)/t29-,30+,31+,32-,33-/m0/s1. The van der Waals surface area contributed by atoms with Crippen molar-refractivity contribution in [2.75, 3.05) is 13.1 Å². The molecule has 1 aromatic rings. The topological polar surface area (TPSA) is 67.9 Å². The number of hydrogen-bond donors (Lipinski definition) is 1. The predicted octanol–water partition coefficient (Wildman–Crippen LogP) is 8.19. The predicted molar refractivity (Wildman–Crippen MR) is 188 cm³/mol. The Labute approximate surface area is 271 Å². The van der Waals surface area contributed by atoms with Gasteiger partial charge in [0.05, 0.1) is 18.1 Å². The first-order chi connectivity index (χ1) is 20.4. The molecule has 1 aromatic carbocycles. The van der Waals surface area contributed by atoms with E-state index in [0.29, 0.717) is 42.3 Å². The normalized spacial score (nSPS) is 23.2. The Morgan fingerprint density at radius 1 is 0.932 bits per heavy atom. The molecule has 0 spiro atoms. The van der Waals surface area contributed by atoms with E-state index in [1.54, 1.807) is 0 Å². The summed E-state index contributed by atoms with van der Waals surface area (Å²) in [5.41, 5.74) is 1.62. The van der Waals surface area contributed by atoms with Gasteiger partial charge in [-0.2, -0.15) is 0 Å². The van der Waals surface area contributed by atoms with Gasteiger partial charge in [-0.05, 0) is 101 Å². The first kappa shape index (κ1) is 37.0. The fraction of sp³-hybridized carbons (Fsp3) is 0.778. The molecule has 250 valence electrons. The van der Waals surface area contributed by atoms with Crippen LogP contribution in [0.5, 0.6) is 0 Å². The second-order valence-corrected chi connectivity index (χ2v) is 25.7. The highest BCUT2D eigenvalue weighted by Gasteiger charge is 2.43. The maximum absolute atomic E-state index is 14.0. The summed E-state index contributed by atoms with van der Waals surface area (Å²) >= 11 is 0. The van der Waals surface area contributed by atoms with Crippen LogP contribution in [0.25, 0.3) is 0 Å². The molecular weight excluding hydrogens is 581 g/mol. The van der Waals surface area contributed by atoms with Gasteiger partial charge in [0, 0.05) is 18.6 Å². The molecule has 1 aliphatic heterocycles. The highest BCUT2D eigenvalue weighted by atomic mass is 28.4. The fourth-order valence-electron chi connectivity index (χ4n) is 6.55. The summed E-state index contributed by atoms with van der Waals surface area (Å²) < 4.78 is 13.5. The molecule has 44 heavy (non-hydrogen) atoms. The molecule has 3 rings (SSSR count). The van der Waals surface area contributed by atoms with Crippen LogP contribution in [-0.4, -0.2) is 64.2 Å². The number of benzene rings is 1. The van der Waals surface area contributed by atoms with E-state index >= 15 is 0 Å². The zero-order chi connectivity index (χ0) is 32.9. The van der Waals surface area contributed by atoms with E-state index in [2.05, 4.69) is 97.0 Å². The van der Waals surface area contributed by atoms with E-state index in [1.807, 2.05) is 18.2 Å². The van der Waals surface area contributed by atoms with Gasteiger partial charge in [-0.15, -0.1) is 0 Å². The third kappa shape index (κ3) is 10.8. The maximum atomic E-state index is 14.0. The monoisotopic (exact) mass is 644 g/mol. The third-order valence-electron chi connectivity index (χ3n) is 10.6. The number of carbonyl (C=O) groups is 2. The van der Waals surface area contributed by atoms with Gasteiger partial charge >= 0.3 is 0 Å². The summed E-state index contributed by atoms with van der Waals surface area (Å²) in [6.07, 6.45) is 7.00. The number of nitrogens with one attached hydrogen (secondary N) is 1. The van der Waals surface area contributed by atoms with E-state index in [0.717, 1.165) is 18.5 Å². The molecule has 5 atom stereocenters. The van der Waals surface area contributed by atoms with Gasteiger partial charge in [-0.3, -0.25) is 14.5 Å². The zero-order valence-electron chi connectivity index (χ0n) is 29.9. The number of nitrogens with zero attached hydrogens (tertiary/aromatic N) is 1. The number of fused-ring (bicyclic) bond motifs is 1. The lowest BCUT2D eigenvalue weighted by Crippen LogP contribution is -2.59. The molecule has 2 aliphatic rings. The van der Waals surface area contributed by atoms with Crippen molar-refractivity contribution in [3.8, 4) is 0 Å². The van der Waals surface area contributed by atoms with Gasteiger partial charge in [-0.25, -0.2) is 0 Å². The quantitative estimate of drug-likeness (QED) is 0.219. The minimum Gasteiger partial charge on any atom is -0.519 e. The lowest BCUT2D eigenvalue weighted by atomic mass is 9.72. The summed E-state index contributed by atoms with van der Waals surface area (Å²) in [6.45, 7) is 25.5.